The van der Waals surface area contributed by atoms with Gasteiger partial charge in [-0.05, 0) is 38.4 Å². The number of hydrogen-bond acceptors (Lipinski definition) is 2. The first-order valence-corrected chi connectivity index (χ1v) is 9.67. The van der Waals surface area contributed by atoms with E-state index in [9.17, 15) is 5.26 Å². The molecule has 16 heavy (non-hydrogen) atoms. The fourth-order valence-electron chi connectivity index (χ4n) is 2.91. The molecule has 0 saturated heterocycles. The van der Waals surface area contributed by atoms with E-state index in [1.54, 1.807) is 0 Å². The second-order valence-corrected chi connectivity index (χ2v) is 11.2. The Balaban J connectivity index is 3.12. The maximum atomic E-state index is 9.66. The zero-order chi connectivity index (χ0) is 12.6. The lowest BCUT2D eigenvalue weighted by Gasteiger charge is -2.51. The van der Waals surface area contributed by atoms with Crippen molar-refractivity contribution < 1.29 is 4.43 Å². The molecule has 0 amide bonds. The van der Waals surface area contributed by atoms with Crippen molar-refractivity contribution in [1.82, 2.24) is 0 Å². The van der Waals surface area contributed by atoms with Gasteiger partial charge in [0.15, 0.2) is 13.9 Å². The Labute approximate surface area is 101 Å². The van der Waals surface area contributed by atoms with Crippen LogP contribution in [-0.4, -0.2) is 13.9 Å². The molecule has 0 radical (unpaired) electrons. The van der Waals surface area contributed by atoms with Crippen molar-refractivity contribution in [1.29, 1.82) is 5.26 Å². The van der Waals surface area contributed by atoms with Crippen LogP contribution >= 0.6 is 0 Å². The molecule has 0 spiro atoms. The second kappa shape index (κ2) is 4.16. The van der Waals surface area contributed by atoms with Crippen LogP contribution in [-0.2, 0) is 4.43 Å². The Bertz CT molecular complexity index is 300. The predicted octanol–water partition coefficient (Wildman–Crippen LogP) is 3.95. The number of hydrogen-bond donors (Lipinski definition) is 0. The van der Waals surface area contributed by atoms with E-state index in [4.69, 9.17) is 4.43 Å². The van der Waals surface area contributed by atoms with E-state index in [2.05, 4.69) is 46.5 Å². The van der Waals surface area contributed by atoms with E-state index in [1.807, 2.05) is 0 Å². The third kappa shape index (κ3) is 2.33. The van der Waals surface area contributed by atoms with Gasteiger partial charge in [-0.1, -0.05) is 27.2 Å². The normalized spacial score (nSPS) is 34.4. The summed E-state index contributed by atoms with van der Waals surface area (Å²) in [5, 5.41) is 9.66. The summed E-state index contributed by atoms with van der Waals surface area (Å²) in [5.41, 5.74) is -0.602. The van der Waals surface area contributed by atoms with Gasteiger partial charge in [-0.25, -0.2) is 0 Å². The molecule has 0 N–H and O–H groups in total. The molecule has 2 atom stereocenters. The van der Waals surface area contributed by atoms with Gasteiger partial charge < -0.3 is 4.43 Å². The molecule has 0 aromatic heterocycles. The van der Waals surface area contributed by atoms with Gasteiger partial charge in [0, 0.05) is 5.41 Å². The van der Waals surface area contributed by atoms with Gasteiger partial charge in [0.2, 0.25) is 0 Å². The maximum Gasteiger partial charge on any atom is 0.185 e. The molecule has 0 aromatic carbocycles. The molecule has 0 heterocycles. The van der Waals surface area contributed by atoms with Gasteiger partial charge in [-0.15, -0.1) is 0 Å². The smallest absolute Gasteiger partial charge is 0.185 e. The summed E-state index contributed by atoms with van der Waals surface area (Å²) >= 11 is 0. The molecule has 2 unspecified atom stereocenters. The fourth-order valence-corrected chi connectivity index (χ4v) is 4.40. The van der Waals surface area contributed by atoms with Crippen molar-refractivity contribution in [2.45, 2.75) is 65.3 Å². The molecule has 92 valence electrons. The number of nitrogens with zero attached hydrogens (tertiary/aromatic N) is 1. The van der Waals surface area contributed by atoms with Crippen molar-refractivity contribution in [3.05, 3.63) is 0 Å². The van der Waals surface area contributed by atoms with Crippen LogP contribution in [0.25, 0.3) is 0 Å². The molecule has 3 heteroatoms. The van der Waals surface area contributed by atoms with Crippen LogP contribution in [0.15, 0.2) is 0 Å². The van der Waals surface area contributed by atoms with Crippen LogP contribution in [0.4, 0.5) is 0 Å². The summed E-state index contributed by atoms with van der Waals surface area (Å²) in [4.78, 5) is 0. The first kappa shape index (κ1) is 13.7. The van der Waals surface area contributed by atoms with Crippen molar-refractivity contribution >= 4 is 8.32 Å². The fraction of sp³-hybridized carbons (Fsp3) is 0.923. The topological polar surface area (TPSA) is 33.0 Å². The average molecular weight is 239 g/mol. The molecule has 1 fully saturated rings. The minimum Gasteiger partial charge on any atom is -0.399 e. The molecule has 1 aliphatic rings. The lowest BCUT2D eigenvalue weighted by atomic mass is 9.61. The Morgan fingerprint density at radius 2 is 1.88 bits per heavy atom. The summed E-state index contributed by atoms with van der Waals surface area (Å²) in [6, 6.07) is 2.53. The summed E-state index contributed by atoms with van der Waals surface area (Å²) in [6.07, 6.45) is 3.42. The molecule has 1 saturated carbocycles. The molecule has 0 aliphatic heterocycles. The van der Waals surface area contributed by atoms with Crippen molar-refractivity contribution in [2.75, 3.05) is 0 Å². The summed E-state index contributed by atoms with van der Waals surface area (Å²) < 4.78 is 6.32. The standard InChI is InChI=1S/C13H25NOSi/c1-11-8-7-9-12(2,3)13(11,10-14)15-16(4,5)6/h11H,7-9H2,1-6H3. The maximum absolute atomic E-state index is 9.66. The Morgan fingerprint density at radius 3 is 2.25 bits per heavy atom. The van der Waals surface area contributed by atoms with Crippen molar-refractivity contribution in [2.24, 2.45) is 11.3 Å². The molecule has 1 rings (SSSR count). The third-order valence-electron chi connectivity index (χ3n) is 3.77. The van der Waals surface area contributed by atoms with Crippen LogP contribution < -0.4 is 0 Å². The highest BCUT2D eigenvalue weighted by Gasteiger charge is 2.54. The molecule has 0 aromatic rings. The van der Waals surface area contributed by atoms with E-state index < -0.39 is 13.9 Å². The highest BCUT2D eigenvalue weighted by atomic mass is 28.4. The van der Waals surface area contributed by atoms with Crippen LogP contribution in [0.5, 0.6) is 0 Å². The Morgan fingerprint density at radius 1 is 1.31 bits per heavy atom. The van der Waals surface area contributed by atoms with E-state index >= 15 is 0 Å². The molecule has 0 bridgehead atoms. The van der Waals surface area contributed by atoms with Gasteiger partial charge in [0.25, 0.3) is 0 Å². The highest BCUT2D eigenvalue weighted by Crippen LogP contribution is 2.50. The van der Waals surface area contributed by atoms with Gasteiger partial charge in [0.1, 0.15) is 0 Å². The lowest BCUT2D eigenvalue weighted by molar-refractivity contribution is -0.0730. The molecule has 1 aliphatic carbocycles. The zero-order valence-electron chi connectivity index (χ0n) is 11.6. The first-order valence-electron chi connectivity index (χ1n) is 6.26. The minimum atomic E-state index is -1.69. The SMILES string of the molecule is CC1CCCC(C)(C)C1(C#N)O[Si](C)(C)C. The largest absolute Gasteiger partial charge is 0.399 e. The Hall–Kier alpha value is -0.333. The van der Waals surface area contributed by atoms with Crippen LogP contribution in [0, 0.1) is 22.7 Å². The third-order valence-corrected chi connectivity index (χ3v) is 4.71. The van der Waals surface area contributed by atoms with Gasteiger partial charge in [0.05, 0.1) is 6.07 Å². The van der Waals surface area contributed by atoms with Crippen LogP contribution in [0.3, 0.4) is 0 Å². The van der Waals surface area contributed by atoms with E-state index in [1.165, 1.54) is 6.42 Å². The first-order chi connectivity index (χ1) is 7.15. The molecule has 2 nitrogen and oxygen atoms in total. The average Bonchev–Trinajstić information content (AvgIpc) is 2.09. The monoisotopic (exact) mass is 239 g/mol. The van der Waals surface area contributed by atoms with Crippen molar-refractivity contribution in [3.8, 4) is 6.07 Å². The molecular formula is C13H25NOSi. The Kier molecular flexibility index (Phi) is 3.57. The lowest BCUT2D eigenvalue weighted by Crippen LogP contribution is -2.57. The van der Waals surface area contributed by atoms with E-state index in [0.717, 1.165) is 12.8 Å². The van der Waals surface area contributed by atoms with Crippen LogP contribution in [0.2, 0.25) is 19.6 Å². The number of nitriles is 1. The quantitative estimate of drug-likeness (QED) is 0.684. The highest BCUT2D eigenvalue weighted by molar-refractivity contribution is 6.69. The summed E-state index contributed by atoms with van der Waals surface area (Å²) in [6.45, 7) is 13.1. The minimum absolute atomic E-state index is 0.0281. The van der Waals surface area contributed by atoms with Gasteiger partial charge >= 0.3 is 0 Å². The van der Waals surface area contributed by atoms with Crippen molar-refractivity contribution in [3.63, 3.8) is 0 Å². The van der Waals surface area contributed by atoms with Gasteiger partial charge in [-0.3, -0.25) is 0 Å². The second-order valence-electron chi connectivity index (χ2n) is 6.74. The number of rotatable bonds is 2. The van der Waals surface area contributed by atoms with Gasteiger partial charge in [-0.2, -0.15) is 5.26 Å². The zero-order valence-corrected chi connectivity index (χ0v) is 12.6. The molecular weight excluding hydrogens is 214 g/mol. The van der Waals surface area contributed by atoms with E-state index in [0.29, 0.717) is 5.92 Å². The van der Waals surface area contributed by atoms with E-state index in [-0.39, 0.29) is 5.41 Å². The van der Waals surface area contributed by atoms with Crippen LogP contribution in [0.1, 0.15) is 40.0 Å². The summed E-state index contributed by atoms with van der Waals surface area (Å²) in [7, 11) is -1.69. The predicted molar refractivity (Wildman–Crippen MR) is 69.6 cm³/mol. The summed E-state index contributed by atoms with van der Waals surface area (Å²) in [5.74, 6) is 0.341.